The van der Waals surface area contributed by atoms with E-state index in [0.717, 1.165) is 0 Å². The fourth-order valence-corrected chi connectivity index (χ4v) is 12.3. The molecule has 0 aliphatic heterocycles. The van der Waals surface area contributed by atoms with Gasteiger partial charge in [-0.25, -0.2) is 0 Å². The van der Waals surface area contributed by atoms with Crippen LogP contribution in [0.1, 0.15) is 22.3 Å². The Bertz CT molecular complexity index is 3700. The average molecular weight is 738 g/mol. The van der Waals surface area contributed by atoms with Crippen molar-refractivity contribution in [1.29, 1.82) is 0 Å². The summed E-state index contributed by atoms with van der Waals surface area (Å²) in [5, 5.41) is 10.4. The van der Waals surface area contributed by atoms with Crippen LogP contribution in [0.3, 0.4) is 0 Å². The van der Waals surface area contributed by atoms with Gasteiger partial charge in [-0.05, 0) is 108 Å². The minimum absolute atomic E-state index is 0.334. The summed E-state index contributed by atoms with van der Waals surface area (Å²) in [6, 6.07) is 71.2. The lowest BCUT2D eigenvalue weighted by Crippen LogP contribution is -2.25. The standard InChI is InChI=1S/C55H31NS/c1-2-13-35-34(12-1)39-17-6-10-22-48(39)56-49-28-25-33(31-43(49)41-26-29-51-53(54(41)56)52-40(35)18-11-23-50(52)57-51)32-24-27-47-42(30-32)38-16-5-9-21-46(38)55(47)44-19-7-3-14-36(44)37-15-4-8-20-45(37)55/h1-31H. The maximum Gasteiger partial charge on any atom is 0.0725 e. The van der Waals surface area contributed by atoms with Gasteiger partial charge < -0.3 is 4.40 Å². The molecule has 2 aliphatic rings. The fourth-order valence-electron chi connectivity index (χ4n) is 11.2. The number of fused-ring (bicyclic) bond motifs is 18. The lowest BCUT2D eigenvalue weighted by molar-refractivity contribution is 0.794. The molecule has 0 saturated carbocycles. The molecule has 0 atom stereocenters. The van der Waals surface area contributed by atoms with E-state index in [9.17, 15) is 0 Å². The smallest absolute Gasteiger partial charge is 0.0725 e. The largest absolute Gasteiger partial charge is 0.308 e. The van der Waals surface area contributed by atoms with Crippen LogP contribution < -0.4 is 0 Å². The molecule has 12 aromatic rings. The van der Waals surface area contributed by atoms with E-state index in [1.165, 1.54) is 125 Å². The summed E-state index contributed by atoms with van der Waals surface area (Å²) >= 11 is 1.91. The van der Waals surface area contributed by atoms with Gasteiger partial charge >= 0.3 is 0 Å². The molecular formula is C55H31NS. The third-order valence-corrected chi connectivity index (χ3v) is 14.5. The lowest BCUT2D eigenvalue weighted by atomic mass is 9.70. The van der Waals surface area contributed by atoms with Crippen molar-refractivity contribution in [3.8, 4) is 33.4 Å². The summed E-state index contributed by atoms with van der Waals surface area (Å²) in [7, 11) is 0. The number of thiophene rings is 1. The van der Waals surface area contributed by atoms with Crippen LogP contribution in [-0.4, -0.2) is 4.40 Å². The molecule has 14 rings (SSSR count). The number of hydrogen-bond acceptors (Lipinski definition) is 1. The summed E-state index contributed by atoms with van der Waals surface area (Å²) in [5.74, 6) is 0. The van der Waals surface area contributed by atoms with E-state index in [1.807, 2.05) is 11.3 Å². The van der Waals surface area contributed by atoms with Crippen LogP contribution in [0.5, 0.6) is 0 Å². The van der Waals surface area contributed by atoms with Crippen molar-refractivity contribution in [3.63, 3.8) is 0 Å². The monoisotopic (exact) mass is 737 g/mol. The van der Waals surface area contributed by atoms with E-state index in [1.54, 1.807) is 0 Å². The van der Waals surface area contributed by atoms with Crippen LogP contribution in [0.2, 0.25) is 0 Å². The number of aromatic nitrogens is 1. The van der Waals surface area contributed by atoms with Crippen molar-refractivity contribution in [2.24, 2.45) is 0 Å². The maximum atomic E-state index is 2.56. The van der Waals surface area contributed by atoms with E-state index in [2.05, 4.69) is 192 Å². The lowest BCUT2D eigenvalue weighted by Gasteiger charge is -2.30. The minimum atomic E-state index is -0.334. The molecule has 3 heterocycles. The molecule has 2 heteroatoms. The van der Waals surface area contributed by atoms with Crippen molar-refractivity contribution < 1.29 is 0 Å². The number of rotatable bonds is 1. The summed E-state index contributed by atoms with van der Waals surface area (Å²) in [6.07, 6.45) is 0. The summed E-state index contributed by atoms with van der Waals surface area (Å²) in [5.41, 5.74) is 16.7. The molecule has 3 aromatic heterocycles. The van der Waals surface area contributed by atoms with Gasteiger partial charge in [-0.2, -0.15) is 0 Å². The van der Waals surface area contributed by atoms with Crippen molar-refractivity contribution in [1.82, 2.24) is 4.40 Å². The van der Waals surface area contributed by atoms with Crippen LogP contribution in [-0.2, 0) is 5.41 Å². The van der Waals surface area contributed by atoms with E-state index < -0.39 is 0 Å². The molecule has 0 radical (unpaired) electrons. The first kappa shape index (κ1) is 30.2. The third kappa shape index (κ3) is 3.62. The van der Waals surface area contributed by atoms with Gasteiger partial charge in [0.25, 0.3) is 0 Å². The second-order valence-corrected chi connectivity index (χ2v) is 17.0. The average Bonchev–Trinajstić information content (AvgIpc) is 4.00. The SMILES string of the molecule is c1ccc2c(c1)-c1ccccc1C21c2ccccc2-c2cc(-c3ccc4c(c3)c3ccc5sc6cccc7c8ccccc8c8ccccc8n4c3c5c67)ccc21. The van der Waals surface area contributed by atoms with Crippen LogP contribution in [0.4, 0.5) is 0 Å². The molecule has 1 nitrogen and oxygen atoms in total. The molecule has 0 amide bonds. The molecule has 1 spiro atoms. The zero-order valence-corrected chi connectivity index (χ0v) is 31.6. The Morgan fingerprint density at radius 3 is 1.63 bits per heavy atom. The van der Waals surface area contributed by atoms with Crippen molar-refractivity contribution in [2.75, 3.05) is 0 Å². The van der Waals surface area contributed by atoms with Crippen LogP contribution in [0.15, 0.2) is 188 Å². The third-order valence-electron chi connectivity index (χ3n) is 13.4. The predicted molar refractivity (Wildman–Crippen MR) is 242 cm³/mol. The van der Waals surface area contributed by atoms with Crippen LogP contribution >= 0.6 is 11.3 Å². The van der Waals surface area contributed by atoms with E-state index in [-0.39, 0.29) is 5.41 Å². The summed E-state index contributed by atoms with van der Waals surface area (Å²) in [4.78, 5) is 0. The number of hydrogen-bond donors (Lipinski definition) is 0. The van der Waals surface area contributed by atoms with Gasteiger partial charge in [0.2, 0.25) is 0 Å². The quantitative estimate of drug-likeness (QED) is 0.158. The molecule has 0 unspecified atom stereocenters. The normalized spacial score (nSPS) is 13.8. The zero-order chi connectivity index (χ0) is 37.0. The van der Waals surface area contributed by atoms with Crippen molar-refractivity contribution >= 4 is 80.4 Å². The van der Waals surface area contributed by atoms with Gasteiger partial charge in [0.05, 0.1) is 22.0 Å². The first-order chi connectivity index (χ1) is 28.3. The highest BCUT2D eigenvalue weighted by Crippen LogP contribution is 2.63. The number of para-hydroxylation sites is 1. The Kier molecular flexibility index (Phi) is 5.65. The van der Waals surface area contributed by atoms with Crippen LogP contribution in [0.25, 0.3) is 102 Å². The fraction of sp³-hybridized carbons (Fsp3) is 0.0182. The van der Waals surface area contributed by atoms with Gasteiger partial charge in [0.1, 0.15) is 0 Å². The zero-order valence-electron chi connectivity index (χ0n) is 30.8. The molecule has 262 valence electrons. The number of nitrogens with zero attached hydrogens (tertiary/aromatic N) is 1. The Morgan fingerprint density at radius 1 is 0.333 bits per heavy atom. The second-order valence-electron chi connectivity index (χ2n) is 15.9. The minimum Gasteiger partial charge on any atom is -0.308 e. The van der Waals surface area contributed by atoms with Gasteiger partial charge in [-0.3, -0.25) is 0 Å². The van der Waals surface area contributed by atoms with Crippen molar-refractivity contribution in [3.05, 3.63) is 210 Å². The molecule has 9 aromatic carbocycles. The first-order valence-corrected chi connectivity index (χ1v) is 20.7. The highest BCUT2D eigenvalue weighted by molar-refractivity contribution is 7.26. The first-order valence-electron chi connectivity index (χ1n) is 19.8. The van der Waals surface area contributed by atoms with Gasteiger partial charge in [0, 0.05) is 36.3 Å². The van der Waals surface area contributed by atoms with E-state index in [4.69, 9.17) is 0 Å². The molecule has 0 N–H and O–H groups in total. The van der Waals surface area contributed by atoms with Crippen LogP contribution in [0, 0.1) is 0 Å². The summed E-state index contributed by atoms with van der Waals surface area (Å²) < 4.78 is 5.22. The number of benzene rings is 9. The molecule has 57 heavy (non-hydrogen) atoms. The molecule has 2 aliphatic carbocycles. The van der Waals surface area contributed by atoms with Gasteiger partial charge in [-0.1, -0.05) is 152 Å². The predicted octanol–water partition coefficient (Wildman–Crippen LogP) is 14.9. The highest BCUT2D eigenvalue weighted by Gasteiger charge is 2.51. The molecular weight excluding hydrogens is 707 g/mol. The molecule has 0 saturated heterocycles. The van der Waals surface area contributed by atoms with Crippen molar-refractivity contribution in [2.45, 2.75) is 5.41 Å². The molecule has 0 bridgehead atoms. The highest BCUT2D eigenvalue weighted by atomic mass is 32.1. The van der Waals surface area contributed by atoms with Gasteiger partial charge in [0.15, 0.2) is 0 Å². The summed E-state index contributed by atoms with van der Waals surface area (Å²) in [6.45, 7) is 0. The Labute approximate surface area is 332 Å². The topological polar surface area (TPSA) is 4.41 Å². The second kappa shape index (κ2) is 10.6. The Morgan fingerprint density at radius 2 is 0.877 bits per heavy atom. The Hall–Kier alpha value is -7.00. The van der Waals surface area contributed by atoms with Gasteiger partial charge in [-0.15, -0.1) is 11.3 Å². The van der Waals surface area contributed by atoms with E-state index >= 15 is 0 Å². The molecule has 0 fully saturated rings. The Balaban J connectivity index is 1.08. The maximum absolute atomic E-state index is 2.56. The van der Waals surface area contributed by atoms with E-state index in [0.29, 0.717) is 0 Å².